The predicted molar refractivity (Wildman–Crippen MR) is 100 cm³/mol. The van der Waals surface area contributed by atoms with Gasteiger partial charge >= 0.3 is 6.03 Å². The molecule has 1 aromatic carbocycles. The fraction of sp³-hybridized carbons (Fsp3) is 0.444. The van der Waals surface area contributed by atoms with Crippen LogP contribution in [0.5, 0.6) is 0 Å². The Hall–Kier alpha value is -3.30. The number of carbonyl (C=O) groups excluding carboxylic acids is 1. The van der Waals surface area contributed by atoms with Gasteiger partial charge in [0.1, 0.15) is 6.04 Å². The van der Waals surface area contributed by atoms with Gasteiger partial charge in [-0.2, -0.15) is 9.78 Å². The fourth-order valence-electron chi connectivity index (χ4n) is 3.24. The van der Waals surface area contributed by atoms with Crippen molar-refractivity contribution in [3.05, 3.63) is 36.0 Å². The van der Waals surface area contributed by atoms with E-state index in [1.54, 1.807) is 4.90 Å². The first-order valence-electron chi connectivity index (χ1n) is 9.46. The summed E-state index contributed by atoms with van der Waals surface area (Å²) in [6, 6.07) is 7.02. The summed E-state index contributed by atoms with van der Waals surface area (Å²) in [5, 5.41) is 19.2. The zero-order valence-electron chi connectivity index (χ0n) is 15.9. The van der Waals surface area contributed by atoms with E-state index in [1.165, 1.54) is 4.80 Å². The van der Waals surface area contributed by atoms with Crippen LogP contribution in [0.3, 0.4) is 0 Å². The summed E-state index contributed by atoms with van der Waals surface area (Å²) >= 11 is 0. The molecule has 1 aliphatic rings. The van der Waals surface area contributed by atoms with Crippen LogP contribution < -0.4 is 5.32 Å². The Morgan fingerprint density at radius 3 is 3.00 bits per heavy atom. The molecule has 10 heteroatoms. The highest BCUT2D eigenvalue weighted by molar-refractivity contribution is 5.90. The van der Waals surface area contributed by atoms with Crippen molar-refractivity contribution in [2.45, 2.75) is 45.7 Å². The van der Waals surface area contributed by atoms with E-state index in [2.05, 4.69) is 30.9 Å². The molecular weight excluding hydrogens is 360 g/mol. The highest BCUT2D eigenvalue weighted by Crippen LogP contribution is 2.31. The number of aromatic nitrogens is 6. The van der Waals surface area contributed by atoms with Gasteiger partial charge in [0.05, 0.1) is 6.54 Å². The number of nitrogens with one attached hydrogen (secondary N) is 1. The van der Waals surface area contributed by atoms with Crippen LogP contribution in [0, 0.1) is 0 Å². The first-order chi connectivity index (χ1) is 13.7. The highest BCUT2D eigenvalue weighted by atomic mass is 16.5. The summed E-state index contributed by atoms with van der Waals surface area (Å²) in [4.78, 5) is 20.5. The van der Waals surface area contributed by atoms with E-state index in [-0.39, 0.29) is 12.1 Å². The lowest BCUT2D eigenvalue weighted by Crippen LogP contribution is -2.34. The molecule has 4 rings (SSSR count). The van der Waals surface area contributed by atoms with Crippen LogP contribution in [-0.4, -0.2) is 47.8 Å². The molecule has 28 heavy (non-hydrogen) atoms. The van der Waals surface area contributed by atoms with Crippen molar-refractivity contribution in [1.29, 1.82) is 0 Å². The Balaban J connectivity index is 1.49. The molecule has 0 spiro atoms. The first-order valence-corrected chi connectivity index (χ1v) is 9.46. The third-order valence-corrected chi connectivity index (χ3v) is 4.71. The monoisotopic (exact) mass is 382 g/mol. The average molecular weight is 382 g/mol. The molecule has 1 atom stereocenters. The van der Waals surface area contributed by atoms with Gasteiger partial charge in [0, 0.05) is 24.2 Å². The van der Waals surface area contributed by atoms with E-state index in [1.807, 2.05) is 38.1 Å². The van der Waals surface area contributed by atoms with Gasteiger partial charge in [0.2, 0.25) is 11.7 Å². The second-order valence-corrected chi connectivity index (χ2v) is 6.57. The molecule has 0 bridgehead atoms. The van der Waals surface area contributed by atoms with Gasteiger partial charge in [-0.3, -0.25) is 0 Å². The number of benzene rings is 1. The van der Waals surface area contributed by atoms with Crippen molar-refractivity contribution in [2.24, 2.45) is 0 Å². The molecule has 3 aromatic rings. The number of aryl methyl sites for hydroxylation is 2. The first kappa shape index (κ1) is 18.1. The standard InChI is InChI=1S/C18H22N8O2/c1-3-15-20-17(28-23-15)14-9-6-10-25(14)18(27)19-13-8-5-7-12(11-13)16-21-24-26(4-2)22-16/h5,7-8,11,14H,3-4,6,9-10H2,1-2H3,(H,19,27)/t14-/m0/s1. The van der Waals surface area contributed by atoms with E-state index in [4.69, 9.17) is 4.52 Å². The number of urea groups is 1. The number of carbonyl (C=O) groups is 1. The minimum absolute atomic E-state index is 0.192. The van der Waals surface area contributed by atoms with Gasteiger partial charge in [0.25, 0.3) is 0 Å². The Labute approximate surface area is 161 Å². The maximum Gasteiger partial charge on any atom is 0.322 e. The Bertz CT molecular complexity index is 966. The van der Waals surface area contributed by atoms with Crippen molar-refractivity contribution in [3.8, 4) is 11.4 Å². The molecule has 10 nitrogen and oxygen atoms in total. The molecule has 1 aliphatic heterocycles. The summed E-state index contributed by atoms with van der Waals surface area (Å²) in [7, 11) is 0. The molecular formula is C18H22N8O2. The van der Waals surface area contributed by atoms with Crippen molar-refractivity contribution in [1.82, 2.24) is 35.2 Å². The maximum atomic E-state index is 12.9. The molecule has 1 N–H and O–H groups in total. The lowest BCUT2D eigenvalue weighted by molar-refractivity contribution is 0.193. The molecule has 0 aliphatic carbocycles. The maximum absolute atomic E-state index is 12.9. The van der Waals surface area contributed by atoms with Crippen LogP contribution in [-0.2, 0) is 13.0 Å². The van der Waals surface area contributed by atoms with Gasteiger partial charge in [-0.1, -0.05) is 24.2 Å². The summed E-state index contributed by atoms with van der Waals surface area (Å²) in [5.41, 5.74) is 1.46. The third kappa shape index (κ3) is 3.57. The number of rotatable bonds is 5. The zero-order valence-corrected chi connectivity index (χ0v) is 15.9. The summed E-state index contributed by atoms with van der Waals surface area (Å²) < 4.78 is 5.35. The van der Waals surface area contributed by atoms with E-state index in [9.17, 15) is 4.79 Å². The van der Waals surface area contributed by atoms with Gasteiger partial charge in [-0.05, 0) is 37.1 Å². The zero-order chi connectivity index (χ0) is 19.5. The predicted octanol–water partition coefficient (Wildman–Crippen LogP) is 2.67. The number of hydrogen-bond donors (Lipinski definition) is 1. The van der Waals surface area contributed by atoms with Gasteiger partial charge in [-0.15, -0.1) is 10.2 Å². The van der Waals surface area contributed by atoms with Crippen LogP contribution in [0.25, 0.3) is 11.4 Å². The van der Waals surface area contributed by atoms with Crippen molar-refractivity contribution < 1.29 is 9.32 Å². The average Bonchev–Trinajstić information content (AvgIpc) is 3.47. The van der Waals surface area contributed by atoms with Crippen LogP contribution in [0.2, 0.25) is 0 Å². The van der Waals surface area contributed by atoms with E-state index in [0.29, 0.717) is 42.7 Å². The second-order valence-electron chi connectivity index (χ2n) is 6.57. The minimum Gasteiger partial charge on any atom is -0.337 e. The number of tetrazole rings is 1. The summed E-state index contributed by atoms with van der Waals surface area (Å²) in [6.45, 7) is 5.21. The number of likely N-dealkylation sites (tertiary alicyclic amines) is 1. The molecule has 0 saturated carbocycles. The lowest BCUT2D eigenvalue weighted by atomic mass is 10.2. The van der Waals surface area contributed by atoms with Crippen molar-refractivity contribution >= 4 is 11.7 Å². The molecule has 2 amide bonds. The molecule has 0 radical (unpaired) electrons. The van der Waals surface area contributed by atoms with Crippen LogP contribution in [0.4, 0.5) is 10.5 Å². The largest absolute Gasteiger partial charge is 0.337 e. The van der Waals surface area contributed by atoms with Gasteiger partial charge in [0.15, 0.2) is 5.82 Å². The van der Waals surface area contributed by atoms with E-state index in [0.717, 1.165) is 18.4 Å². The Morgan fingerprint density at radius 1 is 1.36 bits per heavy atom. The summed E-state index contributed by atoms with van der Waals surface area (Å²) in [6.07, 6.45) is 2.40. The molecule has 3 heterocycles. The molecule has 1 fully saturated rings. The number of nitrogens with zero attached hydrogens (tertiary/aromatic N) is 7. The molecule has 146 valence electrons. The highest BCUT2D eigenvalue weighted by Gasteiger charge is 2.34. The van der Waals surface area contributed by atoms with Crippen LogP contribution >= 0.6 is 0 Å². The quantitative estimate of drug-likeness (QED) is 0.721. The summed E-state index contributed by atoms with van der Waals surface area (Å²) in [5.74, 6) is 1.68. The topological polar surface area (TPSA) is 115 Å². The minimum atomic E-state index is -0.193. The lowest BCUT2D eigenvalue weighted by Gasteiger charge is -2.22. The second kappa shape index (κ2) is 7.75. The SMILES string of the molecule is CCc1noc([C@@H]2CCCN2C(=O)Nc2cccc(-c3nnn(CC)n3)c2)n1. The fourth-order valence-corrected chi connectivity index (χ4v) is 3.24. The van der Waals surface area contributed by atoms with Gasteiger partial charge in [-0.25, -0.2) is 4.79 Å². The number of hydrogen-bond acceptors (Lipinski definition) is 7. The number of amides is 2. The normalized spacial score (nSPS) is 16.5. The molecule has 0 unspecified atom stereocenters. The Morgan fingerprint density at radius 2 is 2.25 bits per heavy atom. The van der Waals surface area contributed by atoms with E-state index >= 15 is 0 Å². The van der Waals surface area contributed by atoms with Crippen molar-refractivity contribution in [3.63, 3.8) is 0 Å². The van der Waals surface area contributed by atoms with Crippen LogP contribution in [0.15, 0.2) is 28.8 Å². The van der Waals surface area contributed by atoms with E-state index < -0.39 is 0 Å². The molecule has 2 aromatic heterocycles. The smallest absolute Gasteiger partial charge is 0.322 e. The van der Waals surface area contributed by atoms with Crippen LogP contribution in [0.1, 0.15) is 44.4 Å². The van der Waals surface area contributed by atoms with Crippen molar-refractivity contribution in [2.75, 3.05) is 11.9 Å². The molecule has 1 saturated heterocycles. The third-order valence-electron chi connectivity index (χ3n) is 4.71. The Kier molecular flexibility index (Phi) is 5.00. The van der Waals surface area contributed by atoms with Gasteiger partial charge < -0.3 is 14.7 Å². The number of anilines is 1.